The molecule has 7 heteroatoms. The molecule has 1 aromatic carbocycles. The number of guanidine groups is 1. The second kappa shape index (κ2) is 11.7. The maximum Gasteiger partial charge on any atom is 0.224 e. The molecule has 2 N–H and O–H groups in total. The van der Waals surface area contributed by atoms with Gasteiger partial charge in [-0.15, -0.1) is 0 Å². The van der Waals surface area contributed by atoms with E-state index >= 15 is 0 Å². The Hall–Kier alpha value is -2.57. The topological polar surface area (TPSA) is 77.0 Å². The summed E-state index contributed by atoms with van der Waals surface area (Å²) in [6.07, 6.45) is 4.25. The van der Waals surface area contributed by atoms with Gasteiger partial charge < -0.3 is 20.4 Å². The van der Waals surface area contributed by atoms with Gasteiger partial charge in [0, 0.05) is 65.1 Å². The summed E-state index contributed by atoms with van der Waals surface area (Å²) in [6, 6.07) is 10.3. The molecule has 0 saturated carbocycles. The number of nitrogens with zero attached hydrogens (tertiary/aromatic N) is 3. The number of likely N-dealkylation sites (tertiary alicyclic amines) is 2. The third kappa shape index (κ3) is 7.26. The first-order valence-electron chi connectivity index (χ1n) is 11.6. The minimum atomic E-state index is 0.213. The van der Waals surface area contributed by atoms with Crippen LogP contribution in [-0.4, -0.2) is 73.9 Å². The van der Waals surface area contributed by atoms with Gasteiger partial charge in [0.25, 0.3) is 0 Å². The van der Waals surface area contributed by atoms with E-state index in [9.17, 15) is 9.59 Å². The van der Waals surface area contributed by atoms with Gasteiger partial charge in [-0.1, -0.05) is 37.3 Å². The van der Waals surface area contributed by atoms with E-state index in [4.69, 9.17) is 0 Å². The quantitative estimate of drug-likeness (QED) is 0.491. The maximum atomic E-state index is 12.4. The standard InChI is InChI=1S/C24H37N5O2/c1-19-7-6-13-28(17-19)22(30)10-12-26-24(25-2)27-16-21-15-23(31)29(18-21)14-11-20-8-4-3-5-9-20/h3-5,8-9,19,21H,6-7,10-18H2,1-2H3,(H2,25,26,27). The highest BCUT2D eigenvalue weighted by Crippen LogP contribution is 2.18. The Labute approximate surface area is 186 Å². The van der Waals surface area contributed by atoms with Crippen molar-refractivity contribution in [2.24, 2.45) is 16.8 Å². The van der Waals surface area contributed by atoms with E-state index in [1.54, 1.807) is 7.05 Å². The van der Waals surface area contributed by atoms with Crippen molar-refractivity contribution < 1.29 is 9.59 Å². The zero-order valence-electron chi connectivity index (χ0n) is 19.0. The van der Waals surface area contributed by atoms with Crippen molar-refractivity contribution in [1.29, 1.82) is 0 Å². The predicted octanol–water partition coefficient (Wildman–Crippen LogP) is 1.89. The number of hydrogen-bond donors (Lipinski definition) is 2. The molecule has 170 valence electrons. The fraction of sp³-hybridized carbons (Fsp3) is 0.625. The van der Waals surface area contributed by atoms with Gasteiger partial charge in [-0.05, 0) is 30.7 Å². The lowest BCUT2D eigenvalue weighted by Gasteiger charge is -2.31. The Morgan fingerprint density at radius 3 is 2.74 bits per heavy atom. The zero-order valence-corrected chi connectivity index (χ0v) is 19.0. The molecule has 0 radical (unpaired) electrons. The Morgan fingerprint density at radius 1 is 1.19 bits per heavy atom. The van der Waals surface area contributed by atoms with Gasteiger partial charge >= 0.3 is 0 Å². The predicted molar refractivity (Wildman–Crippen MR) is 124 cm³/mol. The number of nitrogens with one attached hydrogen (secondary N) is 2. The van der Waals surface area contributed by atoms with Crippen LogP contribution in [0.3, 0.4) is 0 Å². The Morgan fingerprint density at radius 2 is 2.00 bits per heavy atom. The first kappa shape index (κ1) is 23.1. The molecule has 0 aromatic heterocycles. The Balaban J connectivity index is 1.33. The minimum Gasteiger partial charge on any atom is -0.356 e. The second-order valence-electron chi connectivity index (χ2n) is 8.86. The van der Waals surface area contributed by atoms with Crippen molar-refractivity contribution in [1.82, 2.24) is 20.4 Å². The van der Waals surface area contributed by atoms with Crippen LogP contribution in [0.1, 0.15) is 38.2 Å². The highest BCUT2D eigenvalue weighted by Gasteiger charge is 2.29. The first-order chi connectivity index (χ1) is 15.0. The third-order valence-corrected chi connectivity index (χ3v) is 6.23. The molecule has 1 aromatic rings. The fourth-order valence-electron chi connectivity index (χ4n) is 4.44. The van der Waals surface area contributed by atoms with Crippen LogP contribution in [0.4, 0.5) is 0 Å². The molecule has 0 spiro atoms. The van der Waals surface area contributed by atoms with Gasteiger partial charge in [0.1, 0.15) is 0 Å². The highest BCUT2D eigenvalue weighted by atomic mass is 16.2. The summed E-state index contributed by atoms with van der Waals surface area (Å²) >= 11 is 0. The Kier molecular flexibility index (Phi) is 8.74. The summed E-state index contributed by atoms with van der Waals surface area (Å²) in [4.78, 5) is 33.0. The van der Waals surface area contributed by atoms with Crippen LogP contribution in [0.25, 0.3) is 0 Å². The fourth-order valence-corrected chi connectivity index (χ4v) is 4.44. The number of benzene rings is 1. The van der Waals surface area contributed by atoms with Crippen LogP contribution in [0.15, 0.2) is 35.3 Å². The summed E-state index contributed by atoms with van der Waals surface area (Å²) in [5.41, 5.74) is 1.26. The molecule has 2 fully saturated rings. The molecule has 0 bridgehead atoms. The molecule has 7 nitrogen and oxygen atoms in total. The van der Waals surface area contributed by atoms with E-state index in [-0.39, 0.29) is 17.7 Å². The van der Waals surface area contributed by atoms with Crippen molar-refractivity contribution >= 4 is 17.8 Å². The van der Waals surface area contributed by atoms with E-state index in [1.807, 2.05) is 28.0 Å². The van der Waals surface area contributed by atoms with Crippen LogP contribution in [0.5, 0.6) is 0 Å². The molecule has 2 heterocycles. The summed E-state index contributed by atoms with van der Waals surface area (Å²) in [5, 5.41) is 6.56. The molecule has 0 aliphatic carbocycles. The van der Waals surface area contributed by atoms with Crippen molar-refractivity contribution in [2.45, 2.75) is 39.0 Å². The lowest BCUT2D eigenvalue weighted by atomic mass is 10.00. The van der Waals surface area contributed by atoms with E-state index < -0.39 is 0 Å². The largest absolute Gasteiger partial charge is 0.356 e. The van der Waals surface area contributed by atoms with Crippen molar-refractivity contribution in [3.63, 3.8) is 0 Å². The second-order valence-corrected chi connectivity index (χ2v) is 8.86. The van der Waals surface area contributed by atoms with Gasteiger partial charge in [0.05, 0.1) is 0 Å². The summed E-state index contributed by atoms with van der Waals surface area (Å²) in [5.74, 6) is 2.01. The van der Waals surface area contributed by atoms with Crippen LogP contribution in [-0.2, 0) is 16.0 Å². The van der Waals surface area contributed by atoms with E-state index in [0.717, 1.165) is 39.0 Å². The average Bonchev–Trinajstić information content (AvgIpc) is 3.14. The average molecular weight is 428 g/mol. The van der Waals surface area contributed by atoms with Crippen molar-refractivity contribution in [2.75, 3.05) is 46.3 Å². The van der Waals surface area contributed by atoms with Gasteiger partial charge in [-0.3, -0.25) is 14.6 Å². The smallest absolute Gasteiger partial charge is 0.224 e. The monoisotopic (exact) mass is 427 g/mol. The lowest BCUT2D eigenvalue weighted by molar-refractivity contribution is -0.132. The first-order valence-corrected chi connectivity index (χ1v) is 11.6. The van der Waals surface area contributed by atoms with Gasteiger partial charge in [-0.25, -0.2) is 0 Å². The molecule has 2 saturated heterocycles. The molecule has 2 aliphatic heterocycles. The number of amides is 2. The number of rotatable bonds is 8. The van der Waals surface area contributed by atoms with Crippen LogP contribution >= 0.6 is 0 Å². The number of aliphatic imine (C=N–C) groups is 1. The van der Waals surface area contributed by atoms with Crippen LogP contribution < -0.4 is 10.6 Å². The van der Waals surface area contributed by atoms with Gasteiger partial charge in [-0.2, -0.15) is 0 Å². The third-order valence-electron chi connectivity index (χ3n) is 6.23. The van der Waals surface area contributed by atoms with Gasteiger partial charge in [0.2, 0.25) is 11.8 Å². The van der Waals surface area contributed by atoms with Crippen molar-refractivity contribution in [3.05, 3.63) is 35.9 Å². The lowest BCUT2D eigenvalue weighted by Crippen LogP contribution is -2.43. The minimum absolute atomic E-state index is 0.213. The van der Waals surface area contributed by atoms with E-state index in [2.05, 4.69) is 34.7 Å². The number of carbonyl (C=O) groups is 2. The Bertz CT molecular complexity index is 752. The number of carbonyl (C=O) groups excluding carboxylic acids is 2. The maximum absolute atomic E-state index is 12.4. The molecule has 3 rings (SSSR count). The van der Waals surface area contributed by atoms with Gasteiger partial charge in [0.15, 0.2) is 5.96 Å². The molecule has 2 aliphatic rings. The SMILES string of the molecule is CN=C(NCCC(=O)N1CCCC(C)C1)NCC1CC(=O)N(CCc2ccccc2)C1. The summed E-state index contributed by atoms with van der Waals surface area (Å²) < 4.78 is 0. The van der Waals surface area contributed by atoms with Crippen molar-refractivity contribution in [3.8, 4) is 0 Å². The molecule has 2 atom stereocenters. The van der Waals surface area contributed by atoms with E-state index in [1.165, 1.54) is 12.0 Å². The molecule has 2 unspecified atom stereocenters. The van der Waals surface area contributed by atoms with Crippen LogP contribution in [0, 0.1) is 11.8 Å². The molecular weight excluding hydrogens is 390 g/mol. The number of piperidine rings is 1. The zero-order chi connectivity index (χ0) is 22.1. The number of hydrogen-bond acceptors (Lipinski definition) is 3. The van der Waals surface area contributed by atoms with Crippen LogP contribution in [0.2, 0.25) is 0 Å². The molecular formula is C24H37N5O2. The summed E-state index contributed by atoms with van der Waals surface area (Å²) in [6.45, 7) is 6.78. The normalized spacial score (nSPS) is 22.0. The molecule has 2 amide bonds. The highest BCUT2D eigenvalue weighted by molar-refractivity contribution is 5.82. The summed E-state index contributed by atoms with van der Waals surface area (Å²) in [7, 11) is 1.73. The molecule has 31 heavy (non-hydrogen) atoms. The van der Waals surface area contributed by atoms with E-state index in [0.29, 0.717) is 37.8 Å².